The normalized spacial score (nSPS) is 41.4. The molecule has 5 nitrogen and oxygen atoms in total. The highest BCUT2D eigenvalue weighted by Gasteiger charge is 2.49. The van der Waals surface area contributed by atoms with Gasteiger partial charge in [0.1, 0.15) is 18.3 Å². The number of ether oxygens (including phenoxy) is 4. The molecule has 0 aromatic rings. The van der Waals surface area contributed by atoms with Gasteiger partial charge in [-0.05, 0) is 27.7 Å². The first-order chi connectivity index (χ1) is 7.33. The van der Waals surface area contributed by atoms with Gasteiger partial charge in [0.15, 0.2) is 11.6 Å². The van der Waals surface area contributed by atoms with Crippen molar-refractivity contribution in [2.45, 2.75) is 57.6 Å². The molecule has 0 spiro atoms. The fourth-order valence-electron chi connectivity index (χ4n) is 2.20. The lowest BCUT2D eigenvalue weighted by Crippen LogP contribution is -2.39. The van der Waals surface area contributed by atoms with E-state index in [2.05, 4.69) is 0 Å². The lowest BCUT2D eigenvalue weighted by atomic mass is 10.1. The Labute approximate surface area is 95.6 Å². The van der Waals surface area contributed by atoms with Gasteiger partial charge in [0.2, 0.25) is 0 Å². The molecule has 0 radical (unpaired) electrons. The predicted molar refractivity (Wildman–Crippen MR) is 55.8 cm³/mol. The summed E-state index contributed by atoms with van der Waals surface area (Å²) in [4.78, 5) is 0. The van der Waals surface area contributed by atoms with Crippen molar-refractivity contribution in [2.24, 2.45) is 0 Å². The van der Waals surface area contributed by atoms with E-state index in [9.17, 15) is 5.11 Å². The molecule has 16 heavy (non-hydrogen) atoms. The molecular formula is C11H20O5. The summed E-state index contributed by atoms with van der Waals surface area (Å²) in [7, 11) is 0. The Morgan fingerprint density at radius 2 is 1.75 bits per heavy atom. The number of aliphatic hydroxyl groups is 1. The van der Waals surface area contributed by atoms with Gasteiger partial charge in [-0.2, -0.15) is 0 Å². The van der Waals surface area contributed by atoms with Crippen LogP contribution in [0.2, 0.25) is 0 Å². The van der Waals surface area contributed by atoms with Crippen molar-refractivity contribution in [3.05, 3.63) is 0 Å². The van der Waals surface area contributed by atoms with E-state index >= 15 is 0 Å². The molecule has 3 atom stereocenters. The van der Waals surface area contributed by atoms with Gasteiger partial charge in [0, 0.05) is 0 Å². The van der Waals surface area contributed by atoms with E-state index in [1.807, 2.05) is 27.7 Å². The molecule has 0 saturated carbocycles. The van der Waals surface area contributed by atoms with Gasteiger partial charge in [0.25, 0.3) is 0 Å². The molecule has 2 fully saturated rings. The van der Waals surface area contributed by atoms with Crippen LogP contribution in [0.3, 0.4) is 0 Å². The van der Waals surface area contributed by atoms with Gasteiger partial charge in [0.05, 0.1) is 13.2 Å². The second-order valence-electron chi connectivity index (χ2n) is 5.19. The minimum atomic E-state index is -0.672. The van der Waals surface area contributed by atoms with Gasteiger partial charge >= 0.3 is 0 Å². The maximum Gasteiger partial charge on any atom is 0.164 e. The van der Waals surface area contributed by atoms with Crippen molar-refractivity contribution >= 4 is 0 Å². The van der Waals surface area contributed by atoms with Crippen LogP contribution in [-0.2, 0) is 18.9 Å². The van der Waals surface area contributed by atoms with Crippen LogP contribution in [0.4, 0.5) is 0 Å². The van der Waals surface area contributed by atoms with Crippen LogP contribution in [-0.4, -0.2) is 48.2 Å². The molecule has 2 heterocycles. The van der Waals surface area contributed by atoms with Crippen molar-refractivity contribution < 1.29 is 24.1 Å². The molecule has 0 aromatic carbocycles. The van der Waals surface area contributed by atoms with Crippen LogP contribution in [0.15, 0.2) is 0 Å². The summed E-state index contributed by atoms with van der Waals surface area (Å²) in [5.41, 5.74) is 0. The lowest BCUT2D eigenvalue weighted by molar-refractivity contribution is -0.175. The summed E-state index contributed by atoms with van der Waals surface area (Å²) in [6.45, 7) is 7.78. The summed E-state index contributed by atoms with van der Waals surface area (Å²) in [6.07, 6.45) is -0.812. The third-order valence-electron chi connectivity index (χ3n) is 2.80. The van der Waals surface area contributed by atoms with Crippen LogP contribution in [0.25, 0.3) is 0 Å². The molecule has 0 bridgehead atoms. The topological polar surface area (TPSA) is 57.2 Å². The minimum absolute atomic E-state index is 0.0750. The lowest BCUT2D eigenvalue weighted by Gasteiger charge is -2.23. The molecule has 2 aliphatic heterocycles. The van der Waals surface area contributed by atoms with Gasteiger partial charge in [-0.25, -0.2) is 0 Å². The monoisotopic (exact) mass is 232 g/mol. The molecule has 94 valence electrons. The quantitative estimate of drug-likeness (QED) is 0.757. The number of aliphatic hydroxyl groups excluding tert-OH is 1. The summed E-state index contributed by atoms with van der Waals surface area (Å²) in [6, 6.07) is 0. The molecule has 2 aliphatic rings. The molecule has 2 saturated heterocycles. The van der Waals surface area contributed by atoms with Crippen LogP contribution < -0.4 is 0 Å². The highest BCUT2D eigenvalue weighted by Crippen LogP contribution is 2.35. The number of rotatable bonds is 2. The Hall–Kier alpha value is -0.200. The fourth-order valence-corrected chi connectivity index (χ4v) is 2.20. The highest BCUT2D eigenvalue weighted by molar-refractivity contribution is 4.90. The minimum Gasteiger partial charge on any atom is -0.394 e. The number of hydrogen-bond acceptors (Lipinski definition) is 5. The Balaban J connectivity index is 2.04. The molecule has 0 amide bonds. The zero-order chi connectivity index (χ0) is 12.0. The first kappa shape index (κ1) is 12.3. The second-order valence-corrected chi connectivity index (χ2v) is 5.19. The average molecular weight is 232 g/mol. The third-order valence-corrected chi connectivity index (χ3v) is 2.80. The molecule has 5 heteroatoms. The zero-order valence-electron chi connectivity index (χ0n) is 10.2. The zero-order valence-corrected chi connectivity index (χ0v) is 10.2. The van der Waals surface area contributed by atoms with Crippen LogP contribution in [0, 0.1) is 0 Å². The predicted octanol–water partition coefficient (Wildman–Crippen LogP) is 0.650. The van der Waals surface area contributed by atoms with E-state index in [1.54, 1.807) is 0 Å². The van der Waals surface area contributed by atoms with E-state index in [0.717, 1.165) is 0 Å². The van der Waals surface area contributed by atoms with Crippen LogP contribution in [0.5, 0.6) is 0 Å². The molecule has 0 aromatic heterocycles. The van der Waals surface area contributed by atoms with E-state index in [4.69, 9.17) is 18.9 Å². The first-order valence-corrected chi connectivity index (χ1v) is 5.61. The number of hydrogen-bond donors (Lipinski definition) is 1. The maximum atomic E-state index is 9.26. The van der Waals surface area contributed by atoms with Gasteiger partial charge < -0.3 is 24.1 Å². The van der Waals surface area contributed by atoms with Crippen molar-refractivity contribution in [2.75, 3.05) is 13.2 Å². The van der Waals surface area contributed by atoms with Crippen LogP contribution in [0.1, 0.15) is 27.7 Å². The standard InChI is InChI=1S/C11H20O5/c1-10(2)13-6-8(15-10)9-7(5-12)14-11(3,4)16-9/h7-9,12H,5-6H2,1-4H3/t7-,8+,9-/m1/s1. The van der Waals surface area contributed by atoms with E-state index in [-0.39, 0.29) is 24.9 Å². The molecule has 1 N–H and O–H groups in total. The second kappa shape index (κ2) is 3.92. The Kier molecular flexibility index (Phi) is 3.01. The highest BCUT2D eigenvalue weighted by atomic mass is 16.8. The Morgan fingerprint density at radius 3 is 2.25 bits per heavy atom. The largest absolute Gasteiger partial charge is 0.394 e. The molecular weight excluding hydrogens is 212 g/mol. The van der Waals surface area contributed by atoms with Crippen molar-refractivity contribution in [1.82, 2.24) is 0 Å². The first-order valence-electron chi connectivity index (χ1n) is 5.61. The smallest absolute Gasteiger partial charge is 0.164 e. The van der Waals surface area contributed by atoms with Crippen LogP contribution >= 0.6 is 0 Å². The summed E-state index contributed by atoms with van der Waals surface area (Å²) in [5.74, 6) is -1.26. The SMILES string of the molecule is CC1(C)OC[C@@H]([C@@H]2OC(C)(C)O[C@@H]2CO)O1. The summed E-state index contributed by atoms with van der Waals surface area (Å²) >= 11 is 0. The fraction of sp³-hybridized carbons (Fsp3) is 1.00. The summed E-state index contributed by atoms with van der Waals surface area (Å²) in [5, 5.41) is 9.26. The molecule has 2 rings (SSSR count). The van der Waals surface area contributed by atoms with Gasteiger partial charge in [-0.1, -0.05) is 0 Å². The molecule has 0 unspecified atom stereocenters. The maximum absolute atomic E-state index is 9.26. The summed E-state index contributed by atoms with van der Waals surface area (Å²) < 4.78 is 22.5. The van der Waals surface area contributed by atoms with E-state index in [0.29, 0.717) is 6.61 Å². The van der Waals surface area contributed by atoms with Crippen molar-refractivity contribution in [3.8, 4) is 0 Å². The Morgan fingerprint density at radius 1 is 1.06 bits per heavy atom. The third kappa shape index (κ3) is 2.38. The average Bonchev–Trinajstić information content (AvgIpc) is 2.65. The molecule has 0 aliphatic carbocycles. The van der Waals surface area contributed by atoms with Crippen molar-refractivity contribution in [3.63, 3.8) is 0 Å². The van der Waals surface area contributed by atoms with E-state index < -0.39 is 11.6 Å². The van der Waals surface area contributed by atoms with Gasteiger partial charge in [-0.3, -0.25) is 0 Å². The Bertz CT molecular complexity index is 263. The van der Waals surface area contributed by atoms with E-state index in [1.165, 1.54) is 0 Å². The van der Waals surface area contributed by atoms with Crippen molar-refractivity contribution in [1.29, 1.82) is 0 Å². The van der Waals surface area contributed by atoms with Gasteiger partial charge in [-0.15, -0.1) is 0 Å².